The highest BCUT2D eigenvalue weighted by atomic mass is 16.5. The maximum atomic E-state index is 6.35. The third-order valence-corrected chi connectivity index (χ3v) is 6.29. The average molecular weight is 442 g/mol. The zero-order valence-corrected chi connectivity index (χ0v) is 18.0. The Labute approximate surface area is 194 Å². The van der Waals surface area contributed by atoms with Crippen LogP contribution in [0.2, 0.25) is 0 Å². The number of nitrogens with zero attached hydrogens (tertiary/aromatic N) is 5. The first kappa shape index (κ1) is 18.8. The van der Waals surface area contributed by atoms with Crippen molar-refractivity contribution < 1.29 is 4.74 Å². The summed E-state index contributed by atoms with van der Waals surface area (Å²) in [5, 5.41) is 6.97. The second kappa shape index (κ2) is 7.11. The van der Waals surface area contributed by atoms with Crippen LogP contribution in [0.3, 0.4) is 0 Å². The normalized spacial score (nSPS) is 14.5. The molecule has 6 aromatic rings. The van der Waals surface area contributed by atoms with Gasteiger partial charge in [-0.15, -0.1) is 5.10 Å². The van der Waals surface area contributed by atoms with Gasteiger partial charge in [0.25, 0.3) is 0 Å². The van der Waals surface area contributed by atoms with Gasteiger partial charge in [-0.3, -0.25) is 4.98 Å². The average Bonchev–Trinajstić information content (AvgIpc) is 3.33. The number of fused-ring (bicyclic) bond motifs is 6. The van der Waals surface area contributed by atoms with Crippen molar-refractivity contribution in [2.24, 2.45) is 0 Å². The van der Waals surface area contributed by atoms with Crippen LogP contribution in [0.4, 0.5) is 5.69 Å². The molecule has 0 spiro atoms. The number of nitrogen functional groups attached to an aromatic ring is 1. The Bertz CT molecular complexity index is 1690. The molecule has 0 bridgehead atoms. The van der Waals surface area contributed by atoms with E-state index >= 15 is 0 Å². The van der Waals surface area contributed by atoms with Crippen LogP contribution in [0.5, 0.6) is 11.6 Å². The quantitative estimate of drug-likeness (QED) is 0.370. The summed E-state index contributed by atoms with van der Waals surface area (Å²) in [5.74, 6) is 1.75. The molecule has 1 aliphatic heterocycles. The number of rotatable bonds is 2. The molecule has 34 heavy (non-hydrogen) atoms. The summed E-state index contributed by atoms with van der Waals surface area (Å²) in [6.45, 7) is 0. The molecule has 7 nitrogen and oxygen atoms in total. The Hall–Kier alpha value is -4.78. The fraction of sp³-hybridized carbons (Fsp3) is 0.0370. The number of nitrogens with two attached hydrogens (primary N) is 1. The van der Waals surface area contributed by atoms with E-state index in [0.717, 1.165) is 38.8 Å². The molecule has 1 unspecified atom stereocenters. The van der Waals surface area contributed by atoms with E-state index in [1.165, 1.54) is 0 Å². The molecule has 162 valence electrons. The van der Waals surface area contributed by atoms with E-state index in [1.54, 1.807) is 17.0 Å². The summed E-state index contributed by atoms with van der Waals surface area (Å²) in [6, 6.07) is 24.0. The van der Waals surface area contributed by atoms with Crippen LogP contribution in [0.25, 0.3) is 27.8 Å². The first-order valence-electron chi connectivity index (χ1n) is 11.0. The number of hydrogen-bond acceptors (Lipinski definition) is 6. The van der Waals surface area contributed by atoms with E-state index in [2.05, 4.69) is 34.2 Å². The van der Waals surface area contributed by atoms with Crippen molar-refractivity contribution in [3.63, 3.8) is 0 Å². The fourth-order valence-electron chi connectivity index (χ4n) is 4.74. The molecule has 0 aliphatic carbocycles. The van der Waals surface area contributed by atoms with E-state index in [1.807, 2.05) is 54.7 Å². The SMILES string of the molecule is Nc1ccc(-c2nc3c4c(ncn3n2)Oc2ccc3ccccc3c2C4c2cccnc2)cc1. The van der Waals surface area contributed by atoms with Gasteiger partial charge in [0.15, 0.2) is 11.5 Å². The van der Waals surface area contributed by atoms with E-state index in [9.17, 15) is 0 Å². The lowest BCUT2D eigenvalue weighted by molar-refractivity contribution is 0.433. The van der Waals surface area contributed by atoms with Crippen LogP contribution < -0.4 is 10.5 Å². The number of hydrogen-bond donors (Lipinski definition) is 1. The fourth-order valence-corrected chi connectivity index (χ4v) is 4.74. The number of benzene rings is 3. The molecule has 0 saturated heterocycles. The highest BCUT2D eigenvalue weighted by Crippen LogP contribution is 2.50. The minimum atomic E-state index is -0.168. The zero-order valence-electron chi connectivity index (χ0n) is 18.0. The van der Waals surface area contributed by atoms with E-state index < -0.39 is 0 Å². The molecule has 0 saturated carbocycles. The molecular weight excluding hydrogens is 424 g/mol. The van der Waals surface area contributed by atoms with Crippen molar-refractivity contribution in [2.75, 3.05) is 5.73 Å². The topological polar surface area (TPSA) is 91.2 Å². The molecule has 0 amide bonds. The molecule has 1 atom stereocenters. The third kappa shape index (κ3) is 2.77. The monoisotopic (exact) mass is 442 g/mol. The first-order chi connectivity index (χ1) is 16.8. The molecular formula is C27H18N6O. The molecule has 7 rings (SSSR count). The molecule has 2 N–H and O–H groups in total. The summed E-state index contributed by atoms with van der Waals surface area (Å²) in [6.07, 6.45) is 5.32. The lowest BCUT2D eigenvalue weighted by Gasteiger charge is -2.28. The molecule has 3 aromatic heterocycles. The van der Waals surface area contributed by atoms with Gasteiger partial charge >= 0.3 is 0 Å². The predicted molar refractivity (Wildman–Crippen MR) is 130 cm³/mol. The molecule has 1 aliphatic rings. The lowest BCUT2D eigenvalue weighted by atomic mass is 9.82. The Morgan fingerprint density at radius 3 is 2.62 bits per heavy atom. The van der Waals surface area contributed by atoms with E-state index in [0.29, 0.717) is 23.0 Å². The molecule has 0 radical (unpaired) electrons. The van der Waals surface area contributed by atoms with E-state index in [4.69, 9.17) is 20.6 Å². The molecule has 7 heteroatoms. The van der Waals surface area contributed by atoms with Crippen LogP contribution in [0.1, 0.15) is 22.6 Å². The number of ether oxygens (including phenoxy) is 1. The maximum Gasteiger partial charge on any atom is 0.228 e. The van der Waals surface area contributed by atoms with Crippen LogP contribution in [-0.2, 0) is 0 Å². The van der Waals surface area contributed by atoms with Gasteiger partial charge < -0.3 is 10.5 Å². The lowest BCUT2D eigenvalue weighted by Crippen LogP contribution is -2.15. The smallest absolute Gasteiger partial charge is 0.228 e. The summed E-state index contributed by atoms with van der Waals surface area (Å²) in [7, 11) is 0. The van der Waals surface area contributed by atoms with Crippen molar-refractivity contribution in [2.45, 2.75) is 5.92 Å². The maximum absolute atomic E-state index is 6.35. The predicted octanol–water partition coefficient (Wildman–Crippen LogP) is 5.21. The van der Waals surface area contributed by atoms with Gasteiger partial charge in [0.2, 0.25) is 5.88 Å². The molecule has 4 heterocycles. The highest BCUT2D eigenvalue weighted by Gasteiger charge is 2.34. The minimum absolute atomic E-state index is 0.168. The largest absolute Gasteiger partial charge is 0.438 e. The van der Waals surface area contributed by atoms with Crippen LogP contribution in [0.15, 0.2) is 91.5 Å². The van der Waals surface area contributed by atoms with Gasteiger partial charge in [-0.25, -0.2) is 14.5 Å². The Morgan fingerprint density at radius 2 is 1.76 bits per heavy atom. The second-order valence-electron chi connectivity index (χ2n) is 8.31. The standard InChI is InChI=1S/C27H18N6O/c28-19-10-7-17(8-11-19)25-31-26-24-22(18-5-3-13-29-14-18)23-20-6-2-1-4-16(20)9-12-21(23)34-27(24)30-15-33(26)32-25/h1-15,22H,28H2. The van der Waals surface area contributed by atoms with Crippen molar-refractivity contribution in [1.82, 2.24) is 24.6 Å². The molecule has 0 fully saturated rings. The van der Waals surface area contributed by atoms with Crippen molar-refractivity contribution >= 4 is 22.1 Å². The van der Waals surface area contributed by atoms with E-state index in [-0.39, 0.29) is 5.92 Å². The van der Waals surface area contributed by atoms with Gasteiger partial charge in [-0.1, -0.05) is 36.4 Å². The second-order valence-corrected chi connectivity index (χ2v) is 8.31. The summed E-state index contributed by atoms with van der Waals surface area (Å²) in [5.41, 5.74) is 11.1. The first-order valence-corrected chi connectivity index (χ1v) is 11.0. The van der Waals surface area contributed by atoms with Crippen molar-refractivity contribution in [3.8, 4) is 23.0 Å². The summed E-state index contributed by atoms with van der Waals surface area (Å²) < 4.78 is 8.06. The number of anilines is 1. The Kier molecular flexibility index (Phi) is 3.92. The Balaban J connectivity index is 1.53. The highest BCUT2D eigenvalue weighted by molar-refractivity contribution is 5.90. The molecule has 3 aromatic carbocycles. The number of aromatic nitrogens is 5. The Morgan fingerprint density at radius 1 is 0.882 bits per heavy atom. The van der Waals surface area contributed by atoms with Gasteiger partial charge in [0, 0.05) is 35.1 Å². The van der Waals surface area contributed by atoms with Gasteiger partial charge in [0.05, 0.1) is 5.56 Å². The zero-order chi connectivity index (χ0) is 22.6. The third-order valence-electron chi connectivity index (χ3n) is 6.29. The summed E-state index contributed by atoms with van der Waals surface area (Å²) in [4.78, 5) is 14.0. The van der Waals surface area contributed by atoms with Gasteiger partial charge in [0.1, 0.15) is 12.1 Å². The van der Waals surface area contributed by atoms with Crippen molar-refractivity contribution in [3.05, 3.63) is 108 Å². The minimum Gasteiger partial charge on any atom is -0.438 e. The van der Waals surface area contributed by atoms with Gasteiger partial charge in [-0.2, -0.15) is 0 Å². The van der Waals surface area contributed by atoms with Crippen LogP contribution in [0, 0.1) is 0 Å². The van der Waals surface area contributed by atoms with Crippen molar-refractivity contribution in [1.29, 1.82) is 0 Å². The summed E-state index contributed by atoms with van der Waals surface area (Å²) >= 11 is 0. The number of pyridine rings is 1. The van der Waals surface area contributed by atoms with Gasteiger partial charge in [-0.05, 0) is 52.7 Å². The van der Waals surface area contributed by atoms with Crippen LogP contribution in [-0.4, -0.2) is 24.6 Å². The van der Waals surface area contributed by atoms with Crippen LogP contribution >= 0.6 is 0 Å².